The number of carbonyl (C=O) groups is 4. The van der Waals surface area contributed by atoms with Crippen LogP contribution in [-0.4, -0.2) is 65.2 Å². The van der Waals surface area contributed by atoms with Gasteiger partial charge in [-0.2, -0.15) is 0 Å². The molecule has 0 saturated heterocycles. The molecule has 9 nitrogen and oxygen atoms in total. The van der Waals surface area contributed by atoms with E-state index in [2.05, 4.69) is 10.6 Å². The minimum atomic E-state index is -1.36. The molecule has 0 spiro atoms. The summed E-state index contributed by atoms with van der Waals surface area (Å²) >= 11 is 0. The second-order valence-corrected chi connectivity index (χ2v) is 7.31. The largest absolute Gasteiger partial charge is 0.480 e. The lowest BCUT2D eigenvalue weighted by Crippen LogP contribution is -2.52. The summed E-state index contributed by atoms with van der Waals surface area (Å²) in [6.07, 6.45) is 3.63. The Hall–Kier alpha value is -2.58. The third-order valence-corrected chi connectivity index (χ3v) is 4.07. The molecule has 0 aliphatic rings. The number of amides is 3. The van der Waals surface area contributed by atoms with Crippen LogP contribution < -0.4 is 10.6 Å². The fourth-order valence-corrected chi connectivity index (χ4v) is 2.72. The Morgan fingerprint density at radius 3 is 2.00 bits per heavy atom. The van der Waals surface area contributed by atoms with Gasteiger partial charge < -0.3 is 25.7 Å². The van der Waals surface area contributed by atoms with Gasteiger partial charge in [0.05, 0.1) is 0 Å². The molecule has 0 saturated carbocycles. The van der Waals surface area contributed by atoms with Gasteiger partial charge in [0, 0.05) is 20.0 Å². The average molecular weight is 399 g/mol. The molecule has 0 heterocycles. The molecular formula is C19H33N3O6. The monoisotopic (exact) mass is 399 g/mol. The van der Waals surface area contributed by atoms with Crippen LogP contribution in [0.1, 0.15) is 46.5 Å². The molecule has 0 aliphatic carbocycles. The molecule has 0 aromatic rings. The first-order valence-corrected chi connectivity index (χ1v) is 9.38. The van der Waals surface area contributed by atoms with Crippen molar-refractivity contribution in [1.82, 2.24) is 15.5 Å². The number of hydrogen-bond donors (Lipinski definition) is 4. The predicted octanol–water partition coefficient (Wildman–Crippen LogP) is 1.69. The van der Waals surface area contributed by atoms with Gasteiger partial charge in [0.25, 0.3) is 0 Å². The molecule has 0 fully saturated rings. The van der Waals surface area contributed by atoms with E-state index in [0.29, 0.717) is 6.42 Å². The third kappa shape index (κ3) is 9.94. The Kier molecular flexibility index (Phi) is 11.6. The van der Waals surface area contributed by atoms with Crippen LogP contribution in [0.2, 0.25) is 0 Å². The van der Waals surface area contributed by atoms with Crippen LogP contribution in [0.15, 0.2) is 12.2 Å². The highest BCUT2D eigenvalue weighted by atomic mass is 16.4. The Morgan fingerprint density at radius 1 is 0.964 bits per heavy atom. The van der Waals surface area contributed by atoms with Gasteiger partial charge in [-0.25, -0.2) is 9.59 Å². The van der Waals surface area contributed by atoms with Crippen molar-refractivity contribution < 1.29 is 29.4 Å². The summed E-state index contributed by atoms with van der Waals surface area (Å²) in [6, 6.07) is -2.37. The Morgan fingerprint density at radius 2 is 1.57 bits per heavy atom. The maximum Gasteiger partial charge on any atom is 0.405 e. The lowest BCUT2D eigenvalue weighted by molar-refractivity contribution is -0.143. The van der Waals surface area contributed by atoms with Crippen LogP contribution in [0.3, 0.4) is 0 Å². The van der Waals surface area contributed by atoms with E-state index in [0.717, 1.165) is 6.42 Å². The van der Waals surface area contributed by atoms with Gasteiger partial charge in [-0.05, 0) is 31.6 Å². The second kappa shape index (κ2) is 12.7. The molecule has 28 heavy (non-hydrogen) atoms. The molecule has 0 aromatic heterocycles. The number of carbonyl (C=O) groups excluding carboxylic acids is 2. The first-order valence-electron chi connectivity index (χ1n) is 9.38. The average Bonchev–Trinajstić information content (AvgIpc) is 2.57. The number of hydrogen-bond acceptors (Lipinski definition) is 4. The van der Waals surface area contributed by atoms with Crippen molar-refractivity contribution >= 4 is 23.9 Å². The molecule has 3 atom stereocenters. The zero-order valence-electron chi connectivity index (χ0n) is 17.3. The van der Waals surface area contributed by atoms with Gasteiger partial charge in [-0.3, -0.25) is 9.59 Å². The molecule has 160 valence electrons. The van der Waals surface area contributed by atoms with Crippen molar-refractivity contribution in [1.29, 1.82) is 0 Å². The highest BCUT2D eigenvalue weighted by Gasteiger charge is 2.31. The Bertz CT molecular complexity index is 574. The summed E-state index contributed by atoms with van der Waals surface area (Å²) in [7, 11) is 3.17. The van der Waals surface area contributed by atoms with Crippen molar-refractivity contribution in [2.24, 2.45) is 11.8 Å². The van der Waals surface area contributed by atoms with E-state index in [4.69, 9.17) is 5.11 Å². The van der Waals surface area contributed by atoms with Gasteiger partial charge in [0.1, 0.15) is 12.1 Å². The molecule has 0 aliphatic heterocycles. The Balaban J connectivity index is 5.35. The molecular weight excluding hydrogens is 366 g/mol. The zero-order chi connectivity index (χ0) is 21.9. The van der Waals surface area contributed by atoms with E-state index in [9.17, 15) is 24.3 Å². The number of nitrogens with zero attached hydrogens (tertiary/aromatic N) is 1. The van der Waals surface area contributed by atoms with Crippen LogP contribution in [-0.2, 0) is 14.4 Å². The highest BCUT2D eigenvalue weighted by Crippen LogP contribution is 2.16. The van der Waals surface area contributed by atoms with E-state index >= 15 is 0 Å². The number of nitrogens with one attached hydrogen (secondary N) is 2. The maximum absolute atomic E-state index is 12.5. The van der Waals surface area contributed by atoms with Gasteiger partial charge in [0.2, 0.25) is 11.8 Å². The van der Waals surface area contributed by atoms with E-state index in [-0.39, 0.29) is 24.7 Å². The number of aliphatic carboxylic acids is 1. The topological polar surface area (TPSA) is 136 Å². The van der Waals surface area contributed by atoms with Gasteiger partial charge in [-0.1, -0.05) is 32.9 Å². The second-order valence-electron chi connectivity index (χ2n) is 7.31. The summed E-state index contributed by atoms with van der Waals surface area (Å²) in [5.74, 6) is -2.82. The van der Waals surface area contributed by atoms with Gasteiger partial charge >= 0.3 is 12.1 Å². The summed E-state index contributed by atoms with van der Waals surface area (Å²) in [5, 5.41) is 22.9. The zero-order valence-corrected chi connectivity index (χ0v) is 17.3. The summed E-state index contributed by atoms with van der Waals surface area (Å²) in [6.45, 7) is 5.60. The maximum atomic E-state index is 12.5. The molecule has 0 radical (unpaired) electrons. The molecule has 0 bridgehead atoms. The minimum Gasteiger partial charge on any atom is -0.480 e. The van der Waals surface area contributed by atoms with Crippen molar-refractivity contribution in [3.05, 3.63) is 12.2 Å². The molecule has 0 rings (SSSR count). The van der Waals surface area contributed by atoms with Crippen molar-refractivity contribution in [2.75, 3.05) is 14.1 Å². The fourth-order valence-electron chi connectivity index (χ4n) is 2.72. The SMILES string of the molecule is CC/C=C/CC(C[C@H](NC(=O)[C@H](CC(C)C)NC(=O)O)C(=O)O)C(=O)N(C)C. The van der Waals surface area contributed by atoms with E-state index in [1.54, 1.807) is 14.1 Å². The summed E-state index contributed by atoms with van der Waals surface area (Å²) in [4.78, 5) is 48.9. The van der Waals surface area contributed by atoms with Gasteiger partial charge in [-0.15, -0.1) is 0 Å². The number of rotatable bonds is 12. The van der Waals surface area contributed by atoms with Crippen LogP contribution >= 0.6 is 0 Å². The molecule has 3 amide bonds. The number of allylic oxidation sites excluding steroid dienone is 2. The summed E-state index contributed by atoms with van der Waals surface area (Å²) < 4.78 is 0. The van der Waals surface area contributed by atoms with E-state index < -0.39 is 36.0 Å². The first-order chi connectivity index (χ1) is 13.0. The first kappa shape index (κ1) is 25.4. The molecule has 4 N–H and O–H groups in total. The van der Waals surface area contributed by atoms with E-state index in [1.165, 1.54) is 4.90 Å². The molecule has 0 aromatic carbocycles. The van der Waals surface area contributed by atoms with Crippen LogP contribution in [0.25, 0.3) is 0 Å². The Labute approximate surface area is 166 Å². The highest BCUT2D eigenvalue weighted by molar-refractivity contribution is 5.89. The van der Waals surface area contributed by atoms with Crippen LogP contribution in [0, 0.1) is 11.8 Å². The molecule has 9 heteroatoms. The van der Waals surface area contributed by atoms with Crippen LogP contribution in [0.4, 0.5) is 4.79 Å². The quantitative estimate of drug-likeness (QED) is 0.369. The fraction of sp³-hybridized carbons (Fsp3) is 0.684. The van der Waals surface area contributed by atoms with Crippen molar-refractivity contribution in [3.63, 3.8) is 0 Å². The predicted molar refractivity (Wildman–Crippen MR) is 105 cm³/mol. The number of carboxylic acid groups (broad SMARTS) is 2. The van der Waals surface area contributed by atoms with Crippen LogP contribution in [0.5, 0.6) is 0 Å². The van der Waals surface area contributed by atoms with Crippen molar-refractivity contribution in [3.8, 4) is 0 Å². The molecule has 1 unspecified atom stereocenters. The number of carboxylic acids is 1. The minimum absolute atomic E-state index is 0.0214. The lowest BCUT2D eigenvalue weighted by atomic mass is 9.94. The van der Waals surface area contributed by atoms with E-state index in [1.807, 2.05) is 32.9 Å². The normalized spacial score (nSPS) is 14.4. The standard InChI is InChI=1S/C19H33N3O6/c1-6-7-8-9-13(17(24)22(4)5)11-15(18(25)26)20-16(23)14(10-12(2)3)21-19(27)28/h7-8,12-15,21H,6,9-11H2,1-5H3,(H,20,23)(H,25,26)(H,27,28)/b8-7+/t13?,14-,15-/m0/s1. The smallest absolute Gasteiger partial charge is 0.405 e. The lowest BCUT2D eigenvalue weighted by Gasteiger charge is -2.25. The van der Waals surface area contributed by atoms with Gasteiger partial charge in [0.15, 0.2) is 0 Å². The van der Waals surface area contributed by atoms with Crippen molar-refractivity contribution in [2.45, 2.75) is 58.5 Å². The summed E-state index contributed by atoms with van der Waals surface area (Å²) in [5.41, 5.74) is 0. The third-order valence-electron chi connectivity index (χ3n) is 4.07.